The molecule has 0 fully saturated rings. The zero-order chi connectivity index (χ0) is 11.8. The van der Waals surface area contributed by atoms with Crippen LogP contribution in [0.1, 0.15) is 32.3 Å². The van der Waals surface area contributed by atoms with Gasteiger partial charge in [-0.2, -0.15) is 0 Å². The summed E-state index contributed by atoms with van der Waals surface area (Å²) in [6.07, 6.45) is 2.51. The van der Waals surface area contributed by atoms with Crippen molar-refractivity contribution in [2.75, 3.05) is 19.0 Å². The van der Waals surface area contributed by atoms with Gasteiger partial charge in [-0.15, -0.1) is 0 Å². The number of ether oxygens (including phenoxy) is 1. The summed E-state index contributed by atoms with van der Waals surface area (Å²) >= 11 is 0. The van der Waals surface area contributed by atoms with Gasteiger partial charge >= 0.3 is 0 Å². The van der Waals surface area contributed by atoms with Crippen LogP contribution in [0.4, 0.5) is 5.69 Å². The van der Waals surface area contributed by atoms with Crippen molar-refractivity contribution >= 4 is 5.69 Å². The van der Waals surface area contributed by atoms with Gasteiger partial charge in [-0.1, -0.05) is 26.0 Å². The normalized spacial score (nSPS) is 10.8. The molecule has 0 radical (unpaired) electrons. The van der Waals surface area contributed by atoms with Gasteiger partial charge in [0.1, 0.15) is 0 Å². The lowest BCUT2D eigenvalue weighted by Gasteiger charge is -2.09. The topological polar surface area (TPSA) is 21.3 Å². The first kappa shape index (κ1) is 13.0. The lowest BCUT2D eigenvalue weighted by Crippen LogP contribution is -2.03. The lowest BCUT2D eigenvalue weighted by atomic mass is 10.1. The molecule has 0 aliphatic rings. The van der Waals surface area contributed by atoms with E-state index in [0.29, 0.717) is 6.61 Å². The van der Waals surface area contributed by atoms with Crippen molar-refractivity contribution in [2.24, 2.45) is 5.92 Å². The lowest BCUT2D eigenvalue weighted by molar-refractivity contribution is 0.185. The second-order valence-corrected chi connectivity index (χ2v) is 4.60. The van der Waals surface area contributed by atoms with Gasteiger partial charge in [0.15, 0.2) is 0 Å². The molecule has 1 aromatic carbocycles. The maximum Gasteiger partial charge on any atom is 0.0713 e. The Morgan fingerprint density at radius 3 is 2.81 bits per heavy atom. The number of benzene rings is 1. The monoisotopic (exact) mass is 221 g/mol. The molecular formula is C14H23NO. The molecule has 2 heteroatoms. The molecule has 2 nitrogen and oxygen atoms in total. The molecule has 16 heavy (non-hydrogen) atoms. The zero-order valence-corrected chi connectivity index (χ0v) is 10.6. The molecule has 0 atom stereocenters. The third-order valence-corrected chi connectivity index (χ3v) is 2.53. The van der Waals surface area contributed by atoms with Gasteiger partial charge in [-0.3, -0.25) is 0 Å². The van der Waals surface area contributed by atoms with Crippen LogP contribution in [-0.4, -0.2) is 13.7 Å². The standard InChI is InChI=1S/C14H23NO/c1-12(2)6-5-9-15-14-8-4-7-13(10-14)11-16-3/h4,7-8,10,12,15H,5-6,9,11H2,1-3H3. The quantitative estimate of drug-likeness (QED) is 0.709. The van der Waals surface area contributed by atoms with Crippen LogP contribution in [-0.2, 0) is 11.3 Å². The van der Waals surface area contributed by atoms with Crippen LogP contribution in [0.15, 0.2) is 24.3 Å². The Morgan fingerprint density at radius 2 is 2.12 bits per heavy atom. The van der Waals surface area contributed by atoms with E-state index in [1.807, 2.05) is 0 Å². The summed E-state index contributed by atoms with van der Waals surface area (Å²) in [5, 5.41) is 3.44. The van der Waals surface area contributed by atoms with Gasteiger partial charge in [0.05, 0.1) is 6.61 Å². The minimum absolute atomic E-state index is 0.682. The van der Waals surface area contributed by atoms with Crippen LogP contribution >= 0.6 is 0 Å². The van der Waals surface area contributed by atoms with Gasteiger partial charge in [-0.25, -0.2) is 0 Å². The largest absolute Gasteiger partial charge is 0.385 e. The molecule has 0 bridgehead atoms. The molecule has 1 N–H and O–H groups in total. The number of nitrogens with one attached hydrogen (secondary N) is 1. The molecule has 0 aromatic heterocycles. The molecule has 0 unspecified atom stereocenters. The molecule has 0 heterocycles. The van der Waals surface area contributed by atoms with Crippen LogP contribution in [0.2, 0.25) is 0 Å². The van der Waals surface area contributed by atoms with E-state index in [-0.39, 0.29) is 0 Å². The van der Waals surface area contributed by atoms with Crippen LogP contribution in [0.5, 0.6) is 0 Å². The Hall–Kier alpha value is -1.02. The molecule has 0 spiro atoms. The van der Waals surface area contributed by atoms with E-state index in [0.717, 1.165) is 12.5 Å². The van der Waals surface area contributed by atoms with E-state index in [1.54, 1.807) is 7.11 Å². The summed E-state index contributed by atoms with van der Waals surface area (Å²) in [5.41, 5.74) is 2.41. The van der Waals surface area contributed by atoms with Gasteiger partial charge < -0.3 is 10.1 Å². The smallest absolute Gasteiger partial charge is 0.0713 e. The van der Waals surface area contributed by atoms with Crippen LogP contribution < -0.4 is 5.32 Å². The van der Waals surface area contributed by atoms with Crippen molar-refractivity contribution in [1.29, 1.82) is 0 Å². The maximum absolute atomic E-state index is 5.11. The molecule has 0 saturated carbocycles. The van der Waals surface area contributed by atoms with Gasteiger partial charge in [0, 0.05) is 19.3 Å². The third-order valence-electron chi connectivity index (χ3n) is 2.53. The number of hydrogen-bond donors (Lipinski definition) is 1. The Balaban J connectivity index is 2.33. The van der Waals surface area contributed by atoms with Gasteiger partial charge in [0.25, 0.3) is 0 Å². The number of anilines is 1. The molecule has 0 aliphatic carbocycles. The fraction of sp³-hybridized carbons (Fsp3) is 0.571. The molecule has 1 aromatic rings. The SMILES string of the molecule is COCc1cccc(NCCCC(C)C)c1. The van der Waals surface area contributed by atoms with E-state index in [9.17, 15) is 0 Å². The van der Waals surface area contributed by atoms with Crippen LogP contribution in [0, 0.1) is 5.92 Å². The second kappa shape index (κ2) is 7.29. The predicted octanol–water partition coefficient (Wildman–Crippen LogP) is 3.68. The van der Waals surface area contributed by atoms with E-state index < -0.39 is 0 Å². The number of rotatable bonds is 7. The fourth-order valence-electron chi connectivity index (χ4n) is 1.68. The molecule has 0 amide bonds. The second-order valence-electron chi connectivity index (χ2n) is 4.60. The summed E-state index contributed by atoms with van der Waals surface area (Å²) in [5.74, 6) is 0.793. The summed E-state index contributed by atoms with van der Waals surface area (Å²) in [7, 11) is 1.72. The first-order chi connectivity index (χ1) is 7.72. The van der Waals surface area contributed by atoms with Crippen molar-refractivity contribution in [3.8, 4) is 0 Å². The van der Waals surface area contributed by atoms with Crippen molar-refractivity contribution in [1.82, 2.24) is 0 Å². The van der Waals surface area contributed by atoms with Crippen LogP contribution in [0.25, 0.3) is 0 Å². The Morgan fingerprint density at radius 1 is 1.31 bits per heavy atom. The van der Waals surface area contributed by atoms with Crippen molar-refractivity contribution < 1.29 is 4.74 Å². The average molecular weight is 221 g/mol. The van der Waals surface area contributed by atoms with E-state index in [4.69, 9.17) is 4.74 Å². The highest BCUT2D eigenvalue weighted by atomic mass is 16.5. The molecule has 0 saturated heterocycles. The zero-order valence-electron chi connectivity index (χ0n) is 10.6. The third kappa shape index (κ3) is 5.17. The highest BCUT2D eigenvalue weighted by molar-refractivity contribution is 5.45. The summed E-state index contributed by atoms with van der Waals surface area (Å²) in [6, 6.07) is 8.41. The van der Waals surface area contributed by atoms with Crippen LogP contribution in [0.3, 0.4) is 0 Å². The molecule has 90 valence electrons. The molecular weight excluding hydrogens is 198 g/mol. The van der Waals surface area contributed by atoms with E-state index >= 15 is 0 Å². The molecule has 1 rings (SSSR count). The minimum atomic E-state index is 0.682. The first-order valence-corrected chi connectivity index (χ1v) is 6.04. The summed E-state index contributed by atoms with van der Waals surface area (Å²) in [4.78, 5) is 0. The summed E-state index contributed by atoms with van der Waals surface area (Å²) in [6.45, 7) is 6.26. The number of hydrogen-bond acceptors (Lipinski definition) is 2. The van der Waals surface area contributed by atoms with E-state index in [2.05, 4.69) is 43.4 Å². The predicted molar refractivity (Wildman–Crippen MR) is 69.7 cm³/mol. The Bertz CT molecular complexity index is 297. The van der Waals surface area contributed by atoms with Gasteiger partial charge in [-0.05, 0) is 36.5 Å². The van der Waals surface area contributed by atoms with Crippen molar-refractivity contribution in [2.45, 2.75) is 33.3 Å². The highest BCUT2D eigenvalue weighted by Crippen LogP contribution is 2.12. The van der Waals surface area contributed by atoms with Crippen molar-refractivity contribution in [3.63, 3.8) is 0 Å². The van der Waals surface area contributed by atoms with Gasteiger partial charge in [0.2, 0.25) is 0 Å². The first-order valence-electron chi connectivity index (χ1n) is 6.04. The Labute approximate surface area is 99.0 Å². The van der Waals surface area contributed by atoms with E-state index in [1.165, 1.54) is 24.1 Å². The molecule has 0 aliphatic heterocycles. The Kier molecular flexibility index (Phi) is 5.94. The highest BCUT2D eigenvalue weighted by Gasteiger charge is 1.96. The minimum Gasteiger partial charge on any atom is -0.385 e. The number of methoxy groups -OCH3 is 1. The fourth-order valence-corrected chi connectivity index (χ4v) is 1.68. The summed E-state index contributed by atoms with van der Waals surface area (Å²) < 4.78 is 5.11. The maximum atomic E-state index is 5.11. The van der Waals surface area contributed by atoms with Crippen molar-refractivity contribution in [3.05, 3.63) is 29.8 Å². The average Bonchev–Trinajstić information content (AvgIpc) is 2.25.